The topological polar surface area (TPSA) is 115 Å². The first-order valence-electron chi connectivity index (χ1n) is 11.0. The lowest BCUT2D eigenvalue weighted by Crippen LogP contribution is -2.37. The van der Waals surface area contributed by atoms with Crippen LogP contribution in [0, 0.1) is 0 Å². The van der Waals surface area contributed by atoms with Gasteiger partial charge in [0, 0.05) is 12.3 Å². The highest BCUT2D eigenvalue weighted by Crippen LogP contribution is 2.43. The molecule has 1 aromatic heterocycles. The molecular formula is C26H22F3N3O4. The summed E-state index contributed by atoms with van der Waals surface area (Å²) in [6.07, 6.45) is -0.201. The van der Waals surface area contributed by atoms with Crippen molar-refractivity contribution in [3.8, 4) is 16.9 Å². The maximum atomic E-state index is 13.9. The van der Waals surface area contributed by atoms with Crippen LogP contribution in [-0.4, -0.2) is 34.6 Å². The molecule has 0 fully saturated rings. The number of carbonyl (C=O) groups excluding carboxylic acids is 1. The fourth-order valence-corrected chi connectivity index (χ4v) is 3.84. The van der Waals surface area contributed by atoms with Crippen molar-refractivity contribution in [3.63, 3.8) is 0 Å². The average Bonchev–Trinajstić information content (AvgIpc) is 2.85. The van der Waals surface area contributed by atoms with Crippen LogP contribution < -0.4 is 15.8 Å². The summed E-state index contributed by atoms with van der Waals surface area (Å²) >= 11 is 0. The monoisotopic (exact) mass is 497 g/mol. The summed E-state index contributed by atoms with van der Waals surface area (Å²) in [5.74, 6) is -1.43. The lowest BCUT2D eigenvalue weighted by atomic mass is 9.93. The molecule has 1 unspecified atom stereocenters. The smallest absolute Gasteiger partial charge is 0.419 e. The fourth-order valence-electron chi connectivity index (χ4n) is 3.84. The Balaban J connectivity index is 1.48. The number of pyridine rings is 1. The Morgan fingerprint density at radius 2 is 1.89 bits per heavy atom. The Bertz CT molecular complexity index is 1300. The van der Waals surface area contributed by atoms with Crippen molar-refractivity contribution in [2.24, 2.45) is 0 Å². The summed E-state index contributed by atoms with van der Waals surface area (Å²) in [4.78, 5) is 27.1. The van der Waals surface area contributed by atoms with Crippen molar-refractivity contribution in [3.05, 3.63) is 83.1 Å². The zero-order valence-electron chi connectivity index (χ0n) is 18.9. The number of hydrogen-bond acceptors (Lipinski definition) is 5. The number of halogens is 3. The number of aromatic carboxylic acids is 1. The molecule has 1 atom stereocenters. The van der Waals surface area contributed by atoms with Gasteiger partial charge in [0.25, 0.3) is 0 Å². The maximum absolute atomic E-state index is 13.9. The minimum Gasteiger partial charge on any atom is -0.488 e. The number of alkyl halides is 3. The molecule has 1 amide bonds. The summed E-state index contributed by atoms with van der Waals surface area (Å²) in [7, 11) is 0. The van der Waals surface area contributed by atoms with E-state index >= 15 is 0 Å². The highest BCUT2D eigenvalue weighted by atomic mass is 19.4. The molecule has 2 heterocycles. The Morgan fingerprint density at radius 3 is 2.53 bits per heavy atom. The largest absolute Gasteiger partial charge is 0.488 e. The molecule has 4 N–H and O–H groups in total. The van der Waals surface area contributed by atoms with Gasteiger partial charge in [0.15, 0.2) is 0 Å². The lowest BCUT2D eigenvalue weighted by Gasteiger charge is -2.29. The van der Waals surface area contributed by atoms with Crippen LogP contribution in [0.1, 0.15) is 33.5 Å². The molecule has 2 aromatic carbocycles. The summed E-state index contributed by atoms with van der Waals surface area (Å²) in [5, 5.41) is 11.7. The number of hydrogen-bond donors (Lipinski definition) is 3. The third-order valence-corrected chi connectivity index (χ3v) is 5.70. The summed E-state index contributed by atoms with van der Waals surface area (Å²) in [5.41, 5.74) is 6.50. The van der Waals surface area contributed by atoms with E-state index in [4.69, 9.17) is 15.6 Å². The molecule has 36 heavy (non-hydrogen) atoms. The molecule has 0 aliphatic carbocycles. The predicted molar refractivity (Wildman–Crippen MR) is 127 cm³/mol. The molecule has 1 aliphatic rings. The Hall–Kier alpha value is -4.34. The van der Waals surface area contributed by atoms with Gasteiger partial charge in [-0.05, 0) is 77.6 Å². The lowest BCUT2D eigenvalue weighted by molar-refractivity contribution is -0.139. The van der Waals surface area contributed by atoms with Crippen LogP contribution in [0.3, 0.4) is 0 Å². The first-order chi connectivity index (χ1) is 17.1. The highest BCUT2D eigenvalue weighted by Gasteiger charge is 2.38. The number of aromatic nitrogens is 1. The molecule has 7 nitrogen and oxygen atoms in total. The van der Waals surface area contributed by atoms with Crippen molar-refractivity contribution in [2.45, 2.75) is 25.1 Å². The third-order valence-electron chi connectivity index (χ3n) is 5.70. The first kappa shape index (κ1) is 24.8. The van der Waals surface area contributed by atoms with E-state index in [1.54, 1.807) is 24.3 Å². The number of amides is 1. The Morgan fingerprint density at radius 1 is 1.14 bits per heavy atom. The number of carbonyl (C=O) groups is 2. The zero-order valence-corrected chi connectivity index (χ0v) is 18.9. The summed E-state index contributed by atoms with van der Waals surface area (Å²) < 4.78 is 47.5. The van der Waals surface area contributed by atoms with Gasteiger partial charge in [0.1, 0.15) is 17.7 Å². The number of nitrogens with zero attached hydrogens (tertiary/aromatic N) is 1. The van der Waals surface area contributed by atoms with Crippen molar-refractivity contribution in [1.29, 1.82) is 0 Å². The SMILES string of the molecule is Nc1ccc(/C=C/C(=O)NCC2CCc3cc(-c4ccc(C(=O)O)cc4)cc(C(F)(F)F)c3O2)cn1. The molecule has 0 saturated carbocycles. The van der Waals surface area contributed by atoms with E-state index in [2.05, 4.69) is 10.3 Å². The number of benzene rings is 2. The van der Waals surface area contributed by atoms with E-state index in [-0.39, 0.29) is 17.9 Å². The predicted octanol–water partition coefficient (Wildman–Crippen LogP) is 4.57. The van der Waals surface area contributed by atoms with Crippen LogP contribution >= 0.6 is 0 Å². The van der Waals surface area contributed by atoms with Gasteiger partial charge in [-0.15, -0.1) is 0 Å². The van der Waals surface area contributed by atoms with Gasteiger partial charge in [-0.2, -0.15) is 13.2 Å². The molecule has 0 spiro atoms. The molecule has 1 aliphatic heterocycles. The van der Waals surface area contributed by atoms with Gasteiger partial charge < -0.3 is 20.9 Å². The maximum Gasteiger partial charge on any atom is 0.419 e. The number of nitrogens with one attached hydrogen (secondary N) is 1. The van der Waals surface area contributed by atoms with Crippen LogP contribution in [-0.2, 0) is 17.4 Å². The molecule has 3 aromatic rings. The molecule has 4 rings (SSSR count). The number of nitrogens with two attached hydrogens (primary N) is 1. The standard InChI is InChI=1S/C26H22F3N3O4/c27-26(28,29)21-12-19(16-3-5-17(6-4-16)25(34)35)11-18-7-8-20(36-24(18)21)14-32-23(33)10-2-15-1-9-22(30)31-13-15/h1-6,9-13,20H,7-8,14H2,(H2,30,31)(H,32,33)(H,34,35)/b10-2+. The Kier molecular flexibility index (Phi) is 6.96. The summed E-state index contributed by atoms with van der Waals surface area (Å²) in [6.45, 7) is 0.0400. The van der Waals surface area contributed by atoms with E-state index in [1.165, 1.54) is 36.5 Å². The molecule has 0 radical (unpaired) electrons. The van der Waals surface area contributed by atoms with E-state index in [0.717, 1.165) is 6.07 Å². The van der Waals surface area contributed by atoms with Crippen LogP contribution in [0.5, 0.6) is 5.75 Å². The average molecular weight is 497 g/mol. The van der Waals surface area contributed by atoms with Crippen molar-refractivity contribution >= 4 is 23.8 Å². The van der Waals surface area contributed by atoms with E-state index in [0.29, 0.717) is 40.9 Å². The van der Waals surface area contributed by atoms with Gasteiger partial charge in [0.05, 0.1) is 17.7 Å². The number of ether oxygens (including phenoxy) is 1. The van der Waals surface area contributed by atoms with Crippen molar-refractivity contribution < 1.29 is 32.6 Å². The van der Waals surface area contributed by atoms with Gasteiger partial charge in [-0.3, -0.25) is 4.79 Å². The Labute approximate surface area is 204 Å². The summed E-state index contributed by atoms with van der Waals surface area (Å²) in [6, 6.07) is 11.6. The van der Waals surface area contributed by atoms with E-state index < -0.39 is 29.7 Å². The molecule has 0 saturated heterocycles. The quantitative estimate of drug-likeness (QED) is 0.430. The second-order valence-electron chi connectivity index (χ2n) is 8.27. The van der Waals surface area contributed by atoms with E-state index in [1.807, 2.05) is 0 Å². The second-order valence-corrected chi connectivity index (χ2v) is 8.27. The van der Waals surface area contributed by atoms with Crippen LogP contribution in [0.2, 0.25) is 0 Å². The highest BCUT2D eigenvalue weighted by molar-refractivity contribution is 5.91. The molecular weight excluding hydrogens is 475 g/mol. The van der Waals surface area contributed by atoms with Crippen LogP contribution in [0.4, 0.5) is 19.0 Å². The van der Waals surface area contributed by atoms with E-state index in [9.17, 15) is 22.8 Å². The fraction of sp³-hybridized carbons (Fsp3) is 0.192. The van der Waals surface area contributed by atoms with Crippen molar-refractivity contribution in [2.75, 3.05) is 12.3 Å². The van der Waals surface area contributed by atoms with Crippen LogP contribution in [0.25, 0.3) is 17.2 Å². The molecule has 186 valence electrons. The zero-order chi connectivity index (χ0) is 25.9. The minimum absolute atomic E-state index is 0.0400. The number of carboxylic acids is 1. The third kappa shape index (κ3) is 5.83. The normalized spacial score (nSPS) is 15.2. The first-order valence-corrected chi connectivity index (χ1v) is 11.0. The number of nitrogen functional groups attached to an aromatic ring is 1. The van der Waals surface area contributed by atoms with Gasteiger partial charge in [-0.25, -0.2) is 9.78 Å². The number of carboxylic acid groups (broad SMARTS) is 1. The number of fused-ring (bicyclic) bond motifs is 1. The second kappa shape index (κ2) is 10.1. The number of aryl methyl sites for hydroxylation is 1. The van der Waals surface area contributed by atoms with Gasteiger partial charge in [-0.1, -0.05) is 12.1 Å². The van der Waals surface area contributed by atoms with Gasteiger partial charge >= 0.3 is 12.1 Å². The molecule has 0 bridgehead atoms. The number of rotatable bonds is 6. The van der Waals surface area contributed by atoms with Gasteiger partial charge in [0.2, 0.25) is 5.91 Å². The minimum atomic E-state index is -4.66. The number of anilines is 1. The van der Waals surface area contributed by atoms with Crippen LogP contribution in [0.15, 0.2) is 60.8 Å². The van der Waals surface area contributed by atoms with Crippen molar-refractivity contribution in [1.82, 2.24) is 10.3 Å². The molecule has 10 heteroatoms.